The van der Waals surface area contributed by atoms with Crippen LogP contribution in [0.5, 0.6) is 5.75 Å². The standard InChI is InChI=1S/C21H19N3O5/c1-12(19(25)24-21(22)27)29-20(26)16-11-18(13-7-9-14(28-2)10-8-13)23-17-6-4-3-5-15(16)17/h3-12H,1-2H3,(H3,22,24,25,27). The Labute approximate surface area is 166 Å². The molecule has 3 aromatic rings. The van der Waals surface area contributed by atoms with Crippen molar-refractivity contribution in [2.75, 3.05) is 7.11 Å². The highest BCUT2D eigenvalue weighted by atomic mass is 16.5. The molecule has 0 spiro atoms. The van der Waals surface area contributed by atoms with Crippen LogP contribution in [0.3, 0.4) is 0 Å². The van der Waals surface area contributed by atoms with Gasteiger partial charge in [-0.15, -0.1) is 0 Å². The van der Waals surface area contributed by atoms with E-state index in [4.69, 9.17) is 15.2 Å². The Morgan fingerprint density at radius 3 is 2.41 bits per heavy atom. The fourth-order valence-electron chi connectivity index (χ4n) is 2.75. The van der Waals surface area contributed by atoms with Crippen molar-refractivity contribution in [3.05, 3.63) is 60.2 Å². The van der Waals surface area contributed by atoms with Crippen molar-refractivity contribution in [2.45, 2.75) is 13.0 Å². The topological polar surface area (TPSA) is 121 Å². The van der Waals surface area contributed by atoms with Crippen molar-refractivity contribution in [1.82, 2.24) is 10.3 Å². The molecule has 3 N–H and O–H groups in total. The Morgan fingerprint density at radius 1 is 1.07 bits per heavy atom. The molecule has 0 aliphatic heterocycles. The molecule has 3 amide bonds. The van der Waals surface area contributed by atoms with Crippen LogP contribution in [-0.2, 0) is 9.53 Å². The van der Waals surface area contributed by atoms with Crippen LogP contribution in [0, 0.1) is 0 Å². The summed E-state index contributed by atoms with van der Waals surface area (Å²) in [7, 11) is 1.58. The largest absolute Gasteiger partial charge is 0.497 e. The summed E-state index contributed by atoms with van der Waals surface area (Å²) in [6, 6.07) is 14.9. The molecular weight excluding hydrogens is 374 g/mol. The van der Waals surface area contributed by atoms with Crippen LogP contribution in [0.1, 0.15) is 17.3 Å². The smallest absolute Gasteiger partial charge is 0.339 e. The van der Waals surface area contributed by atoms with Crippen LogP contribution in [0.15, 0.2) is 54.6 Å². The van der Waals surface area contributed by atoms with Crippen molar-refractivity contribution in [3.63, 3.8) is 0 Å². The molecule has 0 fully saturated rings. The predicted octanol–water partition coefficient (Wildman–Crippen LogP) is 2.65. The van der Waals surface area contributed by atoms with Crippen LogP contribution in [0.25, 0.3) is 22.2 Å². The van der Waals surface area contributed by atoms with Gasteiger partial charge in [0.1, 0.15) is 5.75 Å². The van der Waals surface area contributed by atoms with Gasteiger partial charge < -0.3 is 15.2 Å². The first kappa shape index (κ1) is 19.8. The summed E-state index contributed by atoms with van der Waals surface area (Å²) in [6.45, 7) is 1.35. The molecule has 1 heterocycles. The fourth-order valence-corrected chi connectivity index (χ4v) is 2.75. The average molecular weight is 393 g/mol. The average Bonchev–Trinajstić information content (AvgIpc) is 2.72. The summed E-state index contributed by atoms with van der Waals surface area (Å²) in [6.07, 6.45) is -1.20. The van der Waals surface area contributed by atoms with Crippen molar-refractivity contribution in [3.8, 4) is 17.0 Å². The van der Waals surface area contributed by atoms with E-state index in [-0.39, 0.29) is 5.56 Å². The number of rotatable bonds is 5. The number of imide groups is 1. The van der Waals surface area contributed by atoms with E-state index >= 15 is 0 Å². The summed E-state index contributed by atoms with van der Waals surface area (Å²) < 4.78 is 10.4. The molecular formula is C21H19N3O5. The summed E-state index contributed by atoms with van der Waals surface area (Å²) in [5.74, 6) is -0.825. The highest BCUT2D eigenvalue weighted by Crippen LogP contribution is 2.27. The maximum Gasteiger partial charge on any atom is 0.339 e. The molecule has 1 aromatic heterocycles. The maximum absolute atomic E-state index is 12.8. The lowest BCUT2D eigenvalue weighted by Gasteiger charge is -2.14. The number of fused-ring (bicyclic) bond motifs is 1. The number of nitrogens with one attached hydrogen (secondary N) is 1. The monoisotopic (exact) mass is 393 g/mol. The fraction of sp³-hybridized carbons (Fsp3) is 0.143. The number of primary amides is 1. The number of urea groups is 1. The summed E-state index contributed by atoms with van der Waals surface area (Å²) in [4.78, 5) is 40.0. The molecule has 0 bridgehead atoms. The van der Waals surface area contributed by atoms with Gasteiger partial charge in [0.25, 0.3) is 5.91 Å². The van der Waals surface area contributed by atoms with Crippen molar-refractivity contribution >= 4 is 28.8 Å². The second-order valence-corrected chi connectivity index (χ2v) is 6.20. The molecule has 0 saturated heterocycles. The van der Waals surface area contributed by atoms with Crippen molar-refractivity contribution in [1.29, 1.82) is 0 Å². The molecule has 8 nitrogen and oxygen atoms in total. The molecule has 8 heteroatoms. The van der Waals surface area contributed by atoms with Crippen molar-refractivity contribution in [2.24, 2.45) is 5.73 Å². The maximum atomic E-state index is 12.8. The van der Waals surface area contributed by atoms with E-state index in [0.717, 1.165) is 5.56 Å². The number of pyridine rings is 1. The van der Waals surface area contributed by atoms with Crippen LogP contribution >= 0.6 is 0 Å². The number of carbonyl (C=O) groups is 3. The van der Waals surface area contributed by atoms with Crippen LogP contribution < -0.4 is 15.8 Å². The number of nitrogens with two attached hydrogens (primary N) is 1. The SMILES string of the molecule is COc1ccc(-c2cc(C(=O)OC(C)C(=O)NC(N)=O)c3ccccc3n2)cc1. The quantitative estimate of drug-likeness (QED) is 0.643. The second-order valence-electron chi connectivity index (χ2n) is 6.20. The summed E-state index contributed by atoms with van der Waals surface area (Å²) >= 11 is 0. The number of benzene rings is 2. The van der Waals surface area contributed by atoms with E-state index in [1.54, 1.807) is 43.5 Å². The van der Waals surface area contributed by atoms with Gasteiger partial charge in [0, 0.05) is 10.9 Å². The number of amides is 3. The van der Waals surface area contributed by atoms with Crippen LogP contribution in [0.2, 0.25) is 0 Å². The first-order chi connectivity index (χ1) is 13.9. The summed E-state index contributed by atoms with van der Waals surface area (Å²) in [5.41, 5.74) is 7.12. The van der Waals surface area contributed by atoms with Gasteiger partial charge in [-0.1, -0.05) is 18.2 Å². The molecule has 0 radical (unpaired) electrons. The third-order valence-electron chi connectivity index (χ3n) is 4.22. The van der Waals surface area contributed by atoms with Gasteiger partial charge >= 0.3 is 12.0 Å². The van der Waals surface area contributed by atoms with Crippen LogP contribution in [-0.4, -0.2) is 36.1 Å². The molecule has 1 unspecified atom stereocenters. The van der Waals surface area contributed by atoms with E-state index in [0.29, 0.717) is 22.3 Å². The Morgan fingerprint density at radius 2 is 1.76 bits per heavy atom. The number of carbonyl (C=O) groups excluding carboxylic acids is 3. The first-order valence-electron chi connectivity index (χ1n) is 8.74. The van der Waals surface area contributed by atoms with E-state index in [2.05, 4.69) is 4.98 Å². The van der Waals surface area contributed by atoms with Crippen LogP contribution in [0.4, 0.5) is 4.79 Å². The number of para-hydroxylation sites is 1. The lowest BCUT2D eigenvalue weighted by atomic mass is 10.0. The Balaban J connectivity index is 1.98. The normalized spacial score (nSPS) is 11.5. The summed E-state index contributed by atoms with van der Waals surface area (Å²) in [5, 5.41) is 2.46. The number of ether oxygens (including phenoxy) is 2. The number of nitrogens with zero attached hydrogens (tertiary/aromatic N) is 1. The first-order valence-corrected chi connectivity index (χ1v) is 8.74. The van der Waals surface area contributed by atoms with Gasteiger partial charge in [0.15, 0.2) is 6.10 Å². The predicted molar refractivity (Wildman–Crippen MR) is 106 cm³/mol. The Hall–Kier alpha value is -3.94. The molecule has 0 aliphatic carbocycles. The lowest BCUT2D eigenvalue weighted by molar-refractivity contribution is -0.127. The van der Waals surface area contributed by atoms with Gasteiger partial charge in [-0.25, -0.2) is 14.6 Å². The zero-order valence-corrected chi connectivity index (χ0v) is 15.8. The minimum absolute atomic E-state index is 0.250. The number of esters is 1. The number of methoxy groups -OCH3 is 1. The molecule has 29 heavy (non-hydrogen) atoms. The van der Waals surface area contributed by atoms with E-state index in [9.17, 15) is 14.4 Å². The van der Waals surface area contributed by atoms with E-state index in [1.165, 1.54) is 6.92 Å². The van der Waals surface area contributed by atoms with Gasteiger partial charge in [-0.05, 0) is 43.3 Å². The highest BCUT2D eigenvalue weighted by molar-refractivity contribution is 6.06. The molecule has 0 saturated carbocycles. The molecule has 148 valence electrons. The number of aromatic nitrogens is 1. The Kier molecular flexibility index (Phi) is 5.73. The minimum atomic E-state index is -1.20. The number of hydrogen-bond donors (Lipinski definition) is 2. The molecule has 0 aliphatic rings. The number of hydrogen-bond acceptors (Lipinski definition) is 6. The Bertz CT molecular complexity index is 1080. The van der Waals surface area contributed by atoms with Crippen molar-refractivity contribution < 1.29 is 23.9 Å². The zero-order chi connectivity index (χ0) is 21.0. The van der Waals surface area contributed by atoms with E-state index in [1.807, 2.05) is 23.5 Å². The van der Waals surface area contributed by atoms with Gasteiger partial charge in [0.05, 0.1) is 23.9 Å². The van der Waals surface area contributed by atoms with E-state index < -0.39 is 24.0 Å². The lowest BCUT2D eigenvalue weighted by Crippen LogP contribution is -2.42. The van der Waals surface area contributed by atoms with Gasteiger partial charge in [0.2, 0.25) is 0 Å². The molecule has 2 aromatic carbocycles. The molecule has 3 rings (SSSR count). The van der Waals surface area contributed by atoms with Gasteiger partial charge in [-0.2, -0.15) is 0 Å². The zero-order valence-electron chi connectivity index (χ0n) is 15.8. The second kappa shape index (κ2) is 8.39. The molecule has 1 atom stereocenters. The third kappa shape index (κ3) is 4.49. The highest BCUT2D eigenvalue weighted by Gasteiger charge is 2.22. The minimum Gasteiger partial charge on any atom is -0.497 e. The third-order valence-corrected chi connectivity index (χ3v) is 4.22. The van der Waals surface area contributed by atoms with Gasteiger partial charge in [-0.3, -0.25) is 10.1 Å².